The number of aldehydes is 1. The fourth-order valence-corrected chi connectivity index (χ4v) is 2.82. The van der Waals surface area contributed by atoms with Crippen molar-refractivity contribution in [1.29, 1.82) is 0 Å². The molecule has 0 amide bonds. The third-order valence-corrected chi connectivity index (χ3v) is 4.13. The standard InChI is InChI=1S/C19H18N2O3/c20-16(18(23)24-11-14-6-2-1-3-7-14)10-19(13-22)12-21-17-9-5-4-8-15(17)19/h1-9,12-13,16H,10-11,20H2. The topological polar surface area (TPSA) is 81.8 Å². The van der Waals surface area contributed by atoms with E-state index in [1.807, 2.05) is 54.6 Å². The largest absolute Gasteiger partial charge is 0.460 e. The van der Waals surface area contributed by atoms with Gasteiger partial charge in [-0.1, -0.05) is 48.5 Å². The highest BCUT2D eigenvalue weighted by molar-refractivity contribution is 6.01. The molecule has 2 unspecified atom stereocenters. The van der Waals surface area contributed by atoms with Crippen LogP contribution in [0.15, 0.2) is 59.6 Å². The van der Waals surface area contributed by atoms with E-state index in [-0.39, 0.29) is 13.0 Å². The molecule has 1 aliphatic rings. The third-order valence-electron chi connectivity index (χ3n) is 4.13. The molecule has 5 nitrogen and oxygen atoms in total. The molecule has 5 heteroatoms. The Balaban J connectivity index is 1.67. The normalized spacial score (nSPS) is 19.5. The molecule has 0 radical (unpaired) electrons. The molecule has 0 fully saturated rings. The van der Waals surface area contributed by atoms with Crippen molar-refractivity contribution in [2.75, 3.05) is 0 Å². The number of benzene rings is 2. The molecule has 1 aliphatic heterocycles. The summed E-state index contributed by atoms with van der Waals surface area (Å²) in [4.78, 5) is 28.2. The quantitative estimate of drug-likeness (QED) is 0.653. The van der Waals surface area contributed by atoms with E-state index in [4.69, 9.17) is 10.5 Å². The van der Waals surface area contributed by atoms with Crippen LogP contribution >= 0.6 is 0 Å². The number of nitrogens with zero attached hydrogens (tertiary/aromatic N) is 1. The average Bonchev–Trinajstić information content (AvgIpc) is 3.00. The Morgan fingerprint density at radius 2 is 1.88 bits per heavy atom. The zero-order valence-electron chi connectivity index (χ0n) is 13.1. The summed E-state index contributed by atoms with van der Waals surface area (Å²) >= 11 is 0. The molecule has 2 aromatic carbocycles. The van der Waals surface area contributed by atoms with Crippen molar-refractivity contribution in [3.05, 3.63) is 65.7 Å². The van der Waals surface area contributed by atoms with Crippen LogP contribution in [0.25, 0.3) is 0 Å². The Morgan fingerprint density at radius 1 is 1.17 bits per heavy atom. The van der Waals surface area contributed by atoms with E-state index in [0.29, 0.717) is 0 Å². The van der Waals surface area contributed by atoms with Gasteiger partial charge >= 0.3 is 5.97 Å². The van der Waals surface area contributed by atoms with Crippen LogP contribution in [-0.2, 0) is 26.3 Å². The minimum Gasteiger partial charge on any atom is -0.460 e. The first-order valence-electron chi connectivity index (χ1n) is 7.72. The molecular weight excluding hydrogens is 304 g/mol. The number of nitrogens with two attached hydrogens (primary N) is 1. The number of esters is 1. The average molecular weight is 322 g/mol. The van der Waals surface area contributed by atoms with Crippen LogP contribution in [0.1, 0.15) is 17.5 Å². The zero-order valence-corrected chi connectivity index (χ0v) is 13.1. The van der Waals surface area contributed by atoms with Crippen molar-refractivity contribution >= 4 is 24.2 Å². The van der Waals surface area contributed by atoms with Gasteiger partial charge in [-0.15, -0.1) is 0 Å². The Bertz CT molecular complexity index is 773. The highest BCUT2D eigenvalue weighted by atomic mass is 16.5. The molecule has 0 saturated carbocycles. The van der Waals surface area contributed by atoms with E-state index < -0.39 is 17.4 Å². The molecular formula is C19H18N2O3. The Hall–Kier alpha value is -2.79. The SMILES string of the molecule is NC(CC1(C=O)C=Nc2ccccc21)C(=O)OCc1ccccc1. The smallest absolute Gasteiger partial charge is 0.323 e. The molecule has 2 aromatic rings. The first-order valence-corrected chi connectivity index (χ1v) is 7.72. The number of carbonyl (C=O) groups excluding carboxylic acids is 2. The van der Waals surface area contributed by atoms with Crippen molar-refractivity contribution in [3.8, 4) is 0 Å². The molecule has 1 heterocycles. The Morgan fingerprint density at radius 3 is 2.62 bits per heavy atom. The summed E-state index contributed by atoms with van der Waals surface area (Å²) in [6.07, 6.45) is 2.49. The summed E-state index contributed by atoms with van der Waals surface area (Å²) in [6, 6.07) is 15.8. The van der Waals surface area contributed by atoms with Crippen LogP contribution < -0.4 is 5.73 Å². The van der Waals surface area contributed by atoms with E-state index in [0.717, 1.165) is 23.1 Å². The minimum absolute atomic E-state index is 0.130. The lowest BCUT2D eigenvalue weighted by molar-refractivity contribution is -0.146. The maximum absolute atomic E-state index is 12.2. The maximum Gasteiger partial charge on any atom is 0.323 e. The van der Waals surface area contributed by atoms with Crippen molar-refractivity contribution in [2.24, 2.45) is 10.7 Å². The number of hydrogen-bond acceptors (Lipinski definition) is 5. The van der Waals surface area contributed by atoms with Gasteiger partial charge in [0.05, 0.1) is 11.1 Å². The van der Waals surface area contributed by atoms with Gasteiger partial charge in [-0.3, -0.25) is 9.79 Å². The van der Waals surface area contributed by atoms with Crippen molar-refractivity contribution in [2.45, 2.75) is 24.5 Å². The molecule has 0 aliphatic carbocycles. The fourth-order valence-electron chi connectivity index (χ4n) is 2.82. The van der Waals surface area contributed by atoms with Gasteiger partial charge in [0, 0.05) is 6.21 Å². The zero-order chi connectivity index (χ0) is 17.0. The first-order chi connectivity index (χ1) is 11.6. The Labute approximate surface area is 140 Å². The van der Waals surface area contributed by atoms with Crippen LogP contribution in [0, 0.1) is 0 Å². The van der Waals surface area contributed by atoms with E-state index in [1.165, 1.54) is 0 Å². The van der Waals surface area contributed by atoms with Gasteiger partial charge in [-0.05, 0) is 23.6 Å². The number of aliphatic imine (C=N–C) groups is 1. The second kappa shape index (κ2) is 6.76. The predicted molar refractivity (Wildman–Crippen MR) is 91.2 cm³/mol. The van der Waals surface area contributed by atoms with Crippen LogP contribution in [0.2, 0.25) is 0 Å². The Kier molecular flexibility index (Phi) is 4.53. The summed E-state index contributed by atoms with van der Waals surface area (Å²) in [5.74, 6) is -0.530. The number of rotatable bonds is 6. The summed E-state index contributed by atoms with van der Waals surface area (Å²) in [5, 5.41) is 0. The molecule has 122 valence electrons. The molecule has 2 atom stereocenters. The number of ether oxygens (including phenoxy) is 1. The molecule has 3 rings (SSSR count). The van der Waals surface area contributed by atoms with E-state index >= 15 is 0 Å². The van der Waals surface area contributed by atoms with E-state index in [2.05, 4.69) is 4.99 Å². The summed E-state index contributed by atoms with van der Waals surface area (Å²) in [7, 11) is 0. The van der Waals surface area contributed by atoms with Crippen LogP contribution in [0.5, 0.6) is 0 Å². The van der Waals surface area contributed by atoms with Crippen LogP contribution in [0.3, 0.4) is 0 Å². The summed E-state index contributed by atoms with van der Waals surface area (Å²) in [5.41, 5.74) is 7.40. The van der Waals surface area contributed by atoms with Gasteiger partial charge in [-0.2, -0.15) is 0 Å². The highest BCUT2D eigenvalue weighted by Gasteiger charge is 2.39. The van der Waals surface area contributed by atoms with Crippen LogP contribution in [-0.4, -0.2) is 24.5 Å². The lowest BCUT2D eigenvalue weighted by Crippen LogP contribution is -2.41. The van der Waals surface area contributed by atoms with Gasteiger partial charge in [-0.25, -0.2) is 0 Å². The second-order valence-electron chi connectivity index (χ2n) is 5.84. The first kappa shape index (κ1) is 16.1. The fraction of sp³-hybridized carbons (Fsp3) is 0.211. The number of fused-ring (bicyclic) bond motifs is 1. The number of carbonyl (C=O) groups is 2. The minimum atomic E-state index is -0.970. The van der Waals surface area contributed by atoms with Gasteiger partial charge in [0.25, 0.3) is 0 Å². The lowest BCUT2D eigenvalue weighted by atomic mass is 9.78. The third kappa shape index (κ3) is 3.12. The van der Waals surface area contributed by atoms with Gasteiger partial charge in [0.1, 0.15) is 18.9 Å². The van der Waals surface area contributed by atoms with Gasteiger partial charge in [0.15, 0.2) is 0 Å². The highest BCUT2D eigenvalue weighted by Crippen LogP contribution is 2.38. The van der Waals surface area contributed by atoms with E-state index in [1.54, 1.807) is 6.21 Å². The molecule has 0 saturated heterocycles. The summed E-state index contributed by atoms with van der Waals surface area (Å²) < 4.78 is 5.25. The van der Waals surface area contributed by atoms with Crippen molar-refractivity contribution in [1.82, 2.24) is 0 Å². The molecule has 0 bridgehead atoms. The maximum atomic E-state index is 12.2. The van der Waals surface area contributed by atoms with Crippen molar-refractivity contribution in [3.63, 3.8) is 0 Å². The van der Waals surface area contributed by atoms with E-state index in [9.17, 15) is 9.59 Å². The lowest BCUT2D eigenvalue weighted by Gasteiger charge is -2.23. The molecule has 0 spiro atoms. The molecule has 24 heavy (non-hydrogen) atoms. The van der Waals surface area contributed by atoms with Crippen molar-refractivity contribution < 1.29 is 14.3 Å². The summed E-state index contributed by atoms with van der Waals surface area (Å²) in [6.45, 7) is 0.159. The van der Waals surface area contributed by atoms with Crippen LogP contribution in [0.4, 0.5) is 5.69 Å². The van der Waals surface area contributed by atoms with Gasteiger partial charge < -0.3 is 15.3 Å². The molecule has 2 N–H and O–H groups in total. The number of hydrogen-bond donors (Lipinski definition) is 1. The number of para-hydroxylation sites is 1. The monoisotopic (exact) mass is 322 g/mol. The van der Waals surface area contributed by atoms with Gasteiger partial charge in [0.2, 0.25) is 0 Å². The predicted octanol–water partition coefficient (Wildman–Crippen LogP) is 2.30. The molecule has 0 aromatic heterocycles. The second-order valence-corrected chi connectivity index (χ2v) is 5.84.